The zero-order valence-corrected chi connectivity index (χ0v) is 4.55. The van der Waals surface area contributed by atoms with E-state index in [1.54, 1.807) is 0 Å². The van der Waals surface area contributed by atoms with Crippen molar-refractivity contribution in [3.05, 3.63) is 0 Å². The fourth-order valence-electron chi connectivity index (χ4n) is 0.118. The predicted molar refractivity (Wildman–Crippen MR) is 30.2 cm³/mol. The van der Waals surface area contributed by atoms with Gasteiger partial charge in [-0.15, -0.1) is 0 Å². The van der Waals surface area contributed by atoms with E-state index < -0.39 is 0 Å². The van der Waals surface area contributed by atoms with Gasteiger partial charge >= 0.3 is 0 Å². The molecule has 0 rings (SSSR count). The van der Waals surface area contributed by atoms with Gasteiger partial charge in [0.1, 0.15) is 0 Å². The lowest BCUT2D eigenvalue weighted by Crippen LogP contribution is -1.73. The minimum absolute atomic E-state index is 0. The van der Waals surface area contributed by atoms with E-state index in [1.165, 1.54) is 0 Å². The zero-order valence-electron chi connectivity index (χ0n) is 3.40. The van der Waals surface area contributed by atoms with Crippen LogP contribution in [0.15, 0.2) is 0 Å². The third kappa shape index (κ3) is 4.39. The molecule has 0 aromatic rings. The van der Waals surface area contributed by atoms with Gasteiger partial charge in [0.15, 0.2) is 0 Å². The van der Waals surface area contributed by atoms with Crippen LogP contribution in [0.2, 0.25) is 0 Å². The molecule has 0 aromatic heterocycles. The average Bonchev–Trinajstić information content (AvgIpc) is 1.41. The van der Waals surface area contributed by atoms with Gasteiger partial charge < -0.3 is 4.52 Å². The molecule has 0 radical (unpaired) electrons. The molecule has 0 amide bonds. The lowest BCUT2D eigenvalue weighted by Gasteiger charge is -1.84. The molecule has 0 spiro atoms. The lowest BCUT2D eigenvalue weighted by molar-refractivity contribution is 0.371. The number of hydrogen-bond donors (Lipinski definition) is 0. The third-order valence-corrected chi connectivity index (χ3v) is 0.558. The maximum atomic E-state index is 4.61. The van der Waals surface area contributed by atoms with Crippen LogP contribution < -0.4 is 0 Å². The van der Waals surface area contributed by atoms with Crippen LogP contribution >= 0.6 is 9.47 Å². The van der Waals surface area contributed by atoms with Crippen LogP contribution in [0.3, 0.4) is 0 Å². The molecule has 1 nitrogen and oxygen atoms in total. The van der Waals surface area contributed by atoms with E-state index in [0.29, 0.717) is 0 Å². The minimum atomic E-state index is 0. The quantitative estimate of drug-likeness (QED) is 0.475. The molecule has 0 aliphatic rings. The van der Waals surface area contributed by atoms with Gasteiger partial charge in [-0.05, 0) is 6.42 Å². The SMILES string of the molecule is CCCOP.[HH].[HH]. The second-order valence-electron chi connectivity index (χ2n) is 0.871. The van der Waals surface area contributed by atoms with E-state index in [0.717, 1.165) is 13.0 Å². The van der Waals surface area contributed by atoms with Crippen LogP contribution in [0.25, 0.3) is 0 Å². The summed E-state index contributed by atoms with van der Waals surface area (Å²) >= 11 is 0. The van der Waals surface area contributed by atoms with Crippen molar-refractivity contribution < 1.29 is 7.38 Å². The summed E-state index contributed by atoms with van der Waals surface area (Å²) in [5, 5.41) is 0. The summed E-state index contributed by atoms with van der Waals surface area (Å²) in [6.07, 6.45) is 1.10. The van der Waals surface area contributed by atoms with Crippen molar-refractivity contribution in [1.82, 2.24) is 0 Å². The third-order valence-electron chi connectivity index (χ3n) is 0.322. The molecule has 0 heterocycles. The lowest BCUT2D eigenvalue weighted by atomic mass is 10.5. The molecule has 0 aromatic carbocycles. The average molecular weight is 96.1 g/mol. The van der Waals surface area contributed by atoms with Gasteiger partial charge in [0.25, 0.3) is 0 Å². The van der Waals surface area contributed by atoms with E-state index in [4.69, 9.17) is 0 Å². The Hall–Kier alpha value is 0.390. The summed E-state index contributed by atoms with van der Waals surface area (Å²) in [6.45, 7) is 2.93. The highest BCUT2D eigenvalue weighted by molar-refractivity contribution is 7.09. The van der Waals surface area contributed by atoms with E-state index in [-0.39, 0.29) is 2.85 Å². The summed E-state index contributed by atoms with van der Waals surface area (Å²) < 4.78 is 4.61. The highest BCUT2D eigenvalue weighted by atomic mass is 31.0. The van der Waals surface area contributed by atoms with Gasteiger partial charge in [0.2, 0.25) is 0 Å². The molecule has 0 saturated heterocycles. The monoisotopic (exact) mass is 96.1 g/mol. The van der Waals surface area contributed by atoms with Gasteiger partial charge in [0.05, 0.1) is 0 Å². The summed E-state index contributed by atoms with van der Waals surface area (Å²) in [6, 6.07) is 0. The minimum Gasteiger partial charge on any atom is -0.366 e. The van der Waals surface area contributed by atoms with Gasteiger partial charge in [-0.25, -0.2) is 0 Å². The van der Waals surface area contributed by atoms with Crippen LogP contribution in [0.4, 0.5) is 0 Å². The normalized spacial score (nSPS) is 8.40. The first kappa shape index (κ1) is 5.39. The molecular formula is C3H13OP. The van der Waals surface area contributed by atoms with Gasteiger partial charge in [0, 0.05) is 18.9 Å². The topological polar surface area (TPSA) is 9.23 Å². The maximum Gasteiger partial charge on any atom is 0.0499 e. The van der Waals surface area contributed by atoms with E-state index in [2.05, 4.69) is 20.9 Å². The molecule has 1 atom stereocenters. The highest BCUT2D eigenvalue weighted by Crippen LogP contribution is 1.84. The molecule has 0 fully saturated rings. The molecular weight excluding hydrogens is 83.0 g/mol. The van der Waals surface area contributed by atoms with Crippen molar-refractivity contribution in [2.24, 2.45) is 0 Å². The standard InChI is InChI=1S/C3H9OP.2H2/c1-2-3-4-5;;/h2-3,5H2,1H3;2*1H. The Morgan fingerprint density at radius 3 is 2.60 bits per heavy atom. The van der Waals surface area contributed by atoms with Crippen molar-refractivity contribution in [2.75, 3.05) is 6.61 Å². The summed E-state index contributed by atoms with van der Waals surface area (Å²) in [5.74, 6) is 0. The van der Waals surface area contributed by atoms with Gasteiger partial charge in [-0.2, -0.15) is 0 Å². The molecule has 0 aliphatic carbocycles. The maximum absolute atomic E-state index is 4.61. The number of hydrogen-bond acceptors (Lipinski definition) is 1. The molecule has 1 unspecified atom stereocenters. The molecule has 0 aliphatic heterocycles. The molecule has 0 bridgehead atoms. The summed E-state index contributed by atoms with van der Waals surface area (Å²) in [4.78, 5) is 0. The van der Waals surface area contributed by atoms with Gasteiger partial charge in [-0.1, -0.05) is 6.92 Å². The van der Waals surface area contributed by atoms with Crippen molar-refractivity contribution in [2.45, 2.75) is 13.3 Å². The largest absolute Gasteiger partial charge is 0.366 e. The van der Waals surface area contributed by atoms with Crippen LogP contribution in [0.1, 0.15) is 16.2 Å². The van der Waals surface area contributed by atoms with Gasteiger partial charge in [-0.3, -0.25) is 0 Å². The second-order valence-corrected chi connectivity index (χ2v) is 1.20. The van der Waals surface area contributed by atoms with E-state index in [9.17, 15) is 0 Å². The smallest absolute Gasteiger partial charge is 0.0499 e. The molecule has 5 heavy (non-hydrogen) atoms. The molecule has 0 N–H and O–H groups in total. The Bertz CT molecular complexity index is 20.4. The van der Waals surface area contributed by atoms with Crippen LogP contribution in [0, 0.1) is 0 Å². The Labute approximate surface area is 38.0 Å². The van der Waals surface area contributed by atoms with E-state index in [1.807, 2.05) is 0 Å². The first-order chi connectivity index (χ1) is 2.41. The van der Waals surface area contributed by atoms with Crippen LogP contribution in [0.5, 0.6) is 0 Å². The second kappa shape index (κ2) is 4.39. The fraction of sp³-hybridized carbons (Fsp3) is 1.00. The predicted octanol–water partition coefficient (Wildman–Crippen LogP) is 1.70. The van der Waals surface area contributed by atoms with E-state index >= 15 is 0 Å². The van der Waals surface area contributed by atoms with Crippen LogP contribution in [-0.2, 0) is 4.52 Å². The fourth-order valence-corrected chi connectivity index (χ4v) is 0.354. The van der Waals surface area contributed by atoms with Crippen molar-refractivity contribution in [3.63, 3.8) is 0 Å². The molecule has 36 valence electrons. The summed E-state index contributed by atoms with van der Waals surface area (Å²) in [7, 11) is 2.20. The number of rotatable bonds is 2. The van der Waals surface area contributed by atoms with Crippen molar-refractivity contribution >= 4 is 9.47 Å². The Balaban J connectivity index is -0.0000000800. The zero-order chi connectivity index (χ0) is 4.12. The van der Waals surface area contributed by atoms with Crippen molar-refractivity contribution in [1.29, 1.82) is 0 Å². The molecule has 2 heteroatoms. The highest BCUT2D eigenvalue weighted by Gasteiger charge is 1.66. The van der Waals surface area contributed by atoms with Crippen molar-refractivity contribution in [3.8, 4) is 0 Å². The first-order valence-electron chi connectivity index (χ1n) is 1.73. The summed E-state index contributed by atoms with van der Waals surface area (Å²) in [5.41, 5.74) is 0. The molecule has 0 saturated carbocycles. The Morgan fingerprint density at radius 2 is 2.60 bits per heavy atom. The first-order valence-corrected chi connectivity index (χ1v) is 2.20. The Kier molecular flexibility index (Phi) is 4.73. The van der Waals surface area contributed by atoms with Crippen LogP contribution in [-0.4, -0.2) is 6.61 Å². The Morgan fingerprint density at radius 1 is 2.00 bits per heavy atom.